The van der Waals surface area contributed by atoms with Crippen LogP contribution in [0.15, 0.2) is 0 Å². The van der Waals surface area contributed by atoms with Crippen molar-refractivity contribution in [2.45, 2.75) is 51.4 Å². The van der Waals surface area contributed by atoms with E-state index in [1.54, 1.807) is 0 Å². The van der Waals surface area contributed by atoms with Crippen molar-refractivity contribution in [3.63, 3.8) is 0 Å². The highest BCUT2D eigenvalue weighted by Crippen LogP contribution is 2.24. The van der Waals surface area contributed by atoms with Gasteiger partial charge in [-0.2, -0.15) is 0 Å². The number of nitrogens with one attached hydrogen (secondary N) is 1. The molecule has 0 aromatic heterocycles. The molecule has 0 aromatic carbocycles. The standard InChI is InChI=1S/C14H26N2O3/c1-10-5-4-6-15-12(10)13(18)16-7-11(8-17)19-14(2,3)9-16/h10-12,15,17H,4-9H2,1-3H3. The van der Waals surface area contributed by atoms with Gasteiger partial charge in [0.1, 0.15) is 0 Å². The molecule has 2 saturated heterocycles. The lowest BCUT2D eigenvalue weighted by Gasteiger charge is -2.44. The number of morpholine rings is 1. The molecule has 5 nitrogen and oxygen atoms in total. The SMILES string of the molecule is CC1CCCNC1C(=O)N1CC(CO)OC(C)(C)C1. The summed E-state index contributed by atoms with van der Waals surface area (Å²) in [5.74, 6) is 0.529. The first kappa shape index (κ1) is 14.8. The Morgan fingerprint density at radius 1 is 1.53 bits per heavy atom. The minimum atomic E-state index is -0.390. The van der Waals surface area contributed by atoms with Crippen molar-refractivity contribution in [2.75, 3.05) is 26.2 Å². The number of rotatable bonds is 2. The Bertz CT molecular complexity index is 333. The van der Waals surface area contributed by atoms with Crippen molar-refractivity contribution >= 4 is 5.91 Å². The second-order valence-corrected chi connectivity index (χ2v) is 6.45. The molecule has 2 fully saturated rings. The van der Waals surface area contributed by atoms with Crippen molar-refractivity contribution in [1.29, 1.82) is 0 Å². The molecule has 2 N–H and O–H groups in total. The fourth-order valence-corrected chi connectivity index (χ4v) is 3.14. The van der Waals surface area contributed by atoms with Gasteiger partial charge in [0.2, 0.25) is 5.91 Å². The average molecular weight is 270 g/mol. The Hall–Kier alpha value is -0.650. The van der Waals surface area contributed by atoms with E-state index in [0.717, 1.165) is 19.4 Å². The van der Waals surface area contributed by atoms with Gasteiger partial charge in [0.25, 0.3) is 0 Å². The first-order valence-corrected chi connectivity index (χ1v) is 7.24. The van der Waals surface area contributed by atoms with E-state index in [2.05, 4.69) is 12.2 Å². The topological polar surface area (TPSA) is 61.8 Å². The second-order valence-electron chi connectivity index (χ2n) is 6.45. The number of amides is 1. The summed E-state index contributed by atoms with van der Waals surface area (Å²) in [5, 5.41) is 12.6. The van der Waals surface area contributed by atoms with E-state index in [-0.39, 0.29) is 30.3 Å². The lowest BCUT2D eigenvalue weighted by atomic mass is 9.91. The van der Waals surface area contributed by atoms with Crippen molar-refractivity contribution in [3.8, 4) is 0 Å². The van der Waals surface area contributed by atoms with Gasteiger partial charge < -0.3 is 20.1 Å². The molecule has 0 aliphatic carbocycles. The molecule has 2 aliphatic heterocycles. The normalized spacial score (nSPS) is 35.2. The number of nitrogens with zero attached hydrogens (tertiary/aromatic N) is 1. The van der Waals surface area contributed by atoms with Crippen molar-refractivity contribution in [1.82, 2.24) is 10.2 Å². The maximum absolute atomic E-state index is 12.6. The van der Waals surface area contributed by atoms with Crippen LogP contribution >= 0.6 is 0 Å². The Morgan fingerprint density at radius 2 is 2.26 bits per heavy atom. The molecule has 110 valence electrons. The van der Waals surface area contributed by atoms with E-state index < -0.39 is 0 Å². The summed E-state index contributed by atoms with van der Waals surface area (Å²) in [4.78, 5) is 14.5. The van der Waals surface area contributed by atoms with Crippen LogP contribution in [0.25, 0.3) is 0 Å². The van der Waals surface area contributed by atoms with Gasteiger partial charge >= 0.3 is 0 Å². The zero-order chi connectivity index (χ0) is 14.0. The molecule has 0 aromatic rings. The molecule has 0 spiro atoms. The van der Waals surface area contributed by atoms with Gasteiger partial charge in [-0.05, 0) is 39.2 Å². The van der Waals surface area contributed by atoms with Crippen LogP contribution in [0.5, 0.6) is 0 Å². The number of aliphatic hydroxyl groups excluding tert-OH is 1. The largest absolute Gasteiger partial charge is 0.394 e. The lowest BCUT2D eigenvalue weighted by Crippen LogP contribution is -2.60. The Balaban J connectivity index is 2.05. The number of carbonyl (C=O) groups is 1. The Kier molecular flexibility index (Phi) is 4.48. The van der Waals surface area contributed by atoms with E-state index in [1.165, 1.54) is 0 Å². The molecule has 3 atom stereocenters. The van der Waals surface area contributed by atoms with Crippen molar-refractivity contribution in [2.24, 2.45) is 5.92 Å². The minimum Gasteiger partial charge on any atom is -0.394 e. The maximum Gasteiger partial charge on any atom is 0.240 e. The van der Waals surface area contributed by atoms with Crippen LogP contribution in [-0.4, -0.2) is 59.9 Å². The summed E-state index contributed by atoms with van der Waals surface area (Å²) in [7, 11) is 0. The number of piperidine rings is 1. The molecule has 5 heteroatoms. The van der Waals surface area contributed by atoms with Crippen LogP contribution in [-0.2, 0) is 9.53 Å². The number of carbonyl (C=O) groups excluding carboxylic acids is 1. The smallest absolute Gasteiger partial charge is 0.240 e. The van der Waals surface area contributed by atoms with Gasteiger partial charge in [0, 0.05) is 13.1 Å². The minimum absolute atomic E-state index is 0.0408. The summed E-state index contributed by atoms with van der Waals surface area (Å²) in [6, 6.07) is -0.0815. The highest BCUT2D eigenvalue weighted by atomic mass is 16.5. The number of hydrogen-bond acceptors (Lipinski definition) is 4. The third-order valence-electron chi connectivity index (χ3n) is 4.03. The summed E-state index contributed by atoms with van der Waals surface area (Å²) in [6.07, 6.45) is 1.96. The molecule has 0 radical (unpaired) electrons. The van der Waals surface area contributed by atoms with Crippen LogP contribution in [0.3, 0.4) is 0 Å². The second kappa shape index (κ2) is 5.77. The number of ether oxygens (including phenoxy) is 1. The van der Waals surface area contributed by atoms with Crippen LogP contribution in [0.1, 0.15) is 33.6 Å². The van der Waals surface area contributed by atoms with E-state index in [1.807, 2.05) is 18.7 Å². The van der Waals surface area contributed by atoms with Crippen LogP contribution in [0, 0.1) is 5.92 Å². The van der Waals surface area contributed by atoms with Gasteiger partial charge in [0.05, 0.1) is 24.4 Å². The number of hydrogen-bond donors (Lipinski definition) is 2. The van der Waals surface area contributed by atoms with Crippen molar-refractivity contribution < 1.29 is 14.6 Å². The van der Waals surface area contributed by atoms with Gasteiger partial charge in [-0.15, -0.1) is 0 Å². The lowest BCUT2D eigenvalue weighted by molar-refractivity contribution is -0.169. The molecule has 1 amide bonds. The van der Waals surface area contributed by atoms with E-state index in [4.69, 9.17) is 4.74 Å². The molecular formula is C14H26N2O3. The molecule has 0 bridgehead atoms. The predicted molar refractivity (Wildman–Crippen MR) is 72.8 cm³/mol. The fourth-order valence-electron chi connectivity index (χ4n) is 3.14. The van der Waals surface area contributed by atoms with E-state index in [9.17, 15) is 9.90 Å². The molecule has 2 aliphatic rings. The number of aliphatic hydroxyl groups is 1. The quantitative estimate of drug-likeness (QED) is 0.761. The summed E-state index contributed by atoms with van der Waals surface area (Å²) >= 11 is 0. The average Bonchev–Trinajstić information content (AvgIpc) is 2.36. The van der Waals surface area contributed by atoms with Gasteiger partial charge in [-0.25, -0.2) is 0 Å². The summed E-state index contributed by atoms with van der Waals surface area (Å²) < 4.78 is 5.75. The van der Waals surface area contributed by atoms with Crippen LogP contribution in [0.2, 0.25) is 0 Å². The van der Waals surface area contributed by atoms with E-state index >= 15 is 0 Å². The molecule has 19 heavy (non-hydrogen) atoms. The maximum atomic E-state index is 12.6. The van der Waals surface area contributed by atoms with E-state index in [0.29, 0.717) is 19.0 Å². The molecule has 3 unspecified atom stereocenters. The van der Waals surface area contributed by atoms with Gasteiger partial charge in [0.15, 0.2) is 0 Å². The molecule has 0 saturated carbocycles. The zero-order valence-corrected chi connectivity index (χ0v) is 12.2. The fraction of sp³-hybridized carbons (Fsp3) is 0.929. The van der Waals surface area contributed by atoms with Crippen LogP contribution < -0.4 is 5.32 Å². The zero-order valence-electron chi connectivity index (χ0n) is 12.2. The molecule has 2 rings (SSSR count). The third kappa shape index (κ3) is 3.46. The Morgan fingerprint density at radius 3 is 2.89 bits per heavy atom. The van der Waals surface area contributed by atoms with Gasteiger partial charge in [-0.1, -0.05) is 6.92 Å². The summed E-state index contributed by atoms with van der Waals surface area (Å²) in [5.41, 5.74) is -0.390. The third-order valence-corrected chi connectivity index (χ3v) is 4.03. The highest BCUT2D eigenvalue weighted by molar-refractivity contribution is 5.82. The predicted octanol–water partition coefficient (Wildman–Crippen LogP) is 0.373. The van der Waals surface area contributed by atoms with Gasteiger partial charge in [-0.3, -0.25) is 4.79 Å². The van der Waals surface area contributed by atoms with Crippen molar-refractivity contribution in [3.05, 3.63) is 0 Å². The summed E-state index contributed by atoms with van der Waals surface area (Å²) in [6.45, 7) is 8.01. The van der Waals surface area contributed by atoms with Crippen LogP contribution in [0.4, 0.5) is 0 Å². The first-order valence-electron chi connectivity index (χ1n) is 7.24. The molecular weight excluding hydrogens is 244 g/mol. The Labute approximate surface area is 115 Å². The first-order chi connectivity index (χ1) is 8.93. The highest BCUT2D eigenvalue weighted by Gasteiger charge is 2.39. The molecule has 2 heterocycles. The monoisotopic (exact) mass is 270 g/mol.